The molecule has 0 aliphatic carbocycles. The molecule has 6 nitrogen and oxygen atoms in total. The molecule has 0 saturated carbocycles. The largest absolute Gasteiger partial charge is 0.463 e. The number of anilines is 1. The van der Waals surface area contributed by atoms with Crippen molar-refractivity contribution in [2.45, 2.75) is 13.0 Å². The molecule has 3 heterocycles. The van der Waals surface area contributed by atoms with E-state index in [0.717, 1.165) is 22.2 Å². The number of benzene rings is 2. The Kier molecular flexibility index (Phi) is 4.52. The molecule has 5 rings (SSSR count). The summed E-state index contributed by atoms with van der Waals surface area (Å²) in [5.74, 6) is 0.318. The second-order valence-electron chi connectivity index (χ2n) is 6.98. The standard InChI is InChI=1S/C24H20N4O2/c1-2-30-23(29)20-21(16-9-4-3-5-10-16)27-24-26-18-12-6-7-13-19(18)28(24)22(20)17-11-8-14-25-15-17/h3-15,22H,2H2,1H3,(H,26,27)/t22-/m0/s1. The van der Waals surface area contributed by atoms with Crippen molar-refractivity contribution in [1.82, 2.24) is 14.5 Å². The van der Waals surface area contributed by atoms with Gasteiger partial charge in [0.15, 0.2) is 0 Å². The van der Waals surface area contributed by atoms with Crippen LogP contribution in [-0.4, -0.2) is 27.1 Å². The van der Waals surface area contributed by atoms with Gasteiger partial charge in [-0.05, 0) is 36.2 Å². The summed E-state index contributed by atoms with van der Waals surface area (Å²) in [4.78, 5) is 22.4. The fourth-order valence-corrected chi connectivity index (χ4v) is 3.95. The number of nitrogens with zero attached hydrogens (tertiary/aromatic N) is 3. The second kappa shape index (κ2) is 7.48. The lowest BCUT2D eigenvalue weighted by atomic mass is 9.93. The van der Waals surface area contributed by atoms with E-state index in [2.05, 4.69) is 10.3 Å². The molecular formula is C24H20N4O2. The number of imidazole rings is 1. The van der Waals surface area contributed by atoms with Gasteiger partial charge in [-0.15, -0.1) is 0 Å². The summed E-state index contributed by atoms with van der Waals surface area (Å²) in [6.07, 6.45) is 3.51. The van der Waals surface area contributed by atoms with E-state index in [1.54, 1.807) is 12.4 Å². The SMILES string of the molecule is CCOC(=O)C1=C(c2ccccc2)Nc2nc3ccccc3n2[C@H]1c1cccnc1. The van der Waals surface area contributed by atoms with Crippen LogP contribution in [0.15, 0.2) is 84.7 Å². The third kappa shape index (κ3) is 2.93. The van der Waals surface area contributed by atoms with Crippen LogP contribution in [0.4, 0.5) is 5.95 Å². The van der Waals surface area contributed by atoms with Crippen molar-refractivity contribution < 1.29 is 9.53 Å². The molecule has 0 fully saturated rings. The highest BCUT2D eigenvalue weighted by Crippen LogP contribution is 2.42. The van der Waals surface area contributed by atoms with E-state index in [0.29, 0.717) is 23.8 Å². The smallest absolute Gasteiger partial charge is 0.338 e. The number of aromatic nitrogens is 3. The average molecular weight is 396 g/mol. The van der Waals surface area contributed by atoms with E-state index >= 15 is 0 Å². The molecule has 1 aliphatic heterocycles. The van der Waals surface area contributed by atoms with Gasteiger partial charge < -0.3 is 10.1 Å². The first-order chi connectivity index (χ1) is 14.8. The second-order valence-corrected chi connectivity index (χ2v) is 6.98. The molecule has 0 saturated heterocycles. The topological polar surface area (TPSA) is 69.0 Å². The van der Waals surface area contributed by atoms with E-state index in [9.17, 15) is 4.79 Å². The number of esters is 1. The molecule has 2 aromatic carbocycles. The molecule has 0 radical (unpaired) electrons. The van der Waals surface area contributed by atoms with Gasteiger partial charge >= 0.3 is 5.97 Å². The molecule has 1 aliphatic rings. The van der Waals surface area contributed by atoms with Gasteiger partial charge in [0.1, 0.15) is 0 Å². The average Bonchev–Trinajstić information content (AvgIpc) is 3.17. The molecule has 30 heavy (non-hydrogen) atoms. The molecule has 0 spiro atoms. The minimum absolute atomic E-state index is 0.293. The Bertz CT molecular complexity index is 1250. The Hall–Kier alpha value is -3.93. The van der Waals surface area contributed by atoms with E-state index < -0.39 is 6.04 Å². The highest BCUT2D eigenvalue weighted by atomic mass is 16.5. The highest BCUT2D eigenvalue weighted by molar-refractivity contribution is 6.03. The molecule has 2 aromatic heterocycles. The highest BCUT2D eigenvalue weighted by Gasteiger charge is 2.36. The monoisotopic (exact) mass is 396 g/mol. The molecule has 0 unspecified atom stereocenters. The van der Waals surface area contributed by atoms with Crippen molar-refractivity contribution in [3.63, 3.8) is 0 Å². The maximum absolute atomic E-state index is 13.3. The molecule has 6 heteroatoms. The number of rotatable bonds is 4. The van der Waals surface area contributed by atoms with Crippen LogP contribution in [0.2, 0.25) is 0 Å². The van der Waals surface area contributed by atoms with Crippen molar-refractivity contribution in [3.05, 3.63) is 95.8 Å². The van der Waals surface area contributed by atoms with Gasteiger partial charge in [-0.2, -0.15) is 0 Å². The van der Waals surface area contributed by atoms with Crippen molar-refractivity contribution in [3.8, 4) is 0 Å². The Balaban J connectivity index is 1.83. The Labute approximate surface area is 173 Å². The van der Waals surface area contributed by atoms with Gasteiger partial charge in [-0.3, -0.25) is 9.55 Å². The van der Waals surface area contributed by atoms with Crippen molar-refractivity contribution in [2.75, 3.05) is 11.9 Å². The molecule has 1 N–H and O–H groups in total. The fourth-order valence-electron chi connectivity index (χ4n) is 3.95. The molecule has 0 bridgehead atoms. The van der Waals surface area contributed by atoms with Crippen LogP contribution in [-0.2, 0) is 9.53 Å². The Morgan fingerprint density at radius 1 is 1.07 bits per heavy atom. The van der Waals surface area contributed by atoms with Gasteiger partial charge in [0, 0.05) is 12.4 Å². The minimum Gasteiger partial charge on any atom is -0.463 e. The molecule has 0 amide bonds. The van der Waals surface area contributed by atoms with Gasteiger partial charge in [0.25, 0.3) is 0 Å². The summed E-state index contributed by atoms with van der Waals surface area (Å²) in [7, 11) is 0. The summed E-state index contributed by atoms with van der Waals surface area (Å²) in [6.45, 7) is 2.11. The number of nitrogens with one attached hydrogen (secondary N) is 1. The first kappa shape index (κ1) is 18.1. The zero-order valence-electron chi connectivity index (χ0n) is 16.4. The minimum atomic E-state index is -0.420. The van der Waals surface area contributed by atoms with Crippen LogP contribution >= 0.6 is 0 Å². The quantitative estimate of drug-likeness (QED) is 0.517. The van der Waals surface area contributed by atoms with Crippen molar-refractivity contribution in [2.24, 2.45) is 0 Å². The molecule has 4 aromatic rings. The Morgan fingerprint density at radius 3 is 2.63 bits per heavy atom. The molecular weight excluding hydrogens is 376 g/mol. The third-order valence-corrected chi connectivity index (χ3v) is 5.19. The van der Waals surface area contributed by atoms with Gasteiger partial charge in [0.05, 0.1) is 35.0 Å². The van der Waals surface area contributed by atoms with E-state index in [-0.39, 0.29) is 5.97 Å². The summed E-state index contributed by atoms with van der Waals surface area (Å²) < 4.78 is 7.54. The number of hydrogen-bond acceptors (Lipinski definition) is 5. The lowest BCUT2D eigenvalue weighted by Gasteiger charge is -2.31. The maximum atomic E-state index is 13.3. The van der Waals surface area contributed by atoms with Gasteiger partial charge in [0.2, 0.25) is 5.95 Å². The third-order valence-electron chi connectivity index (χ3n) is 5.19. The van der Waals surface area contributed by atoms with Gasteiger partial charge in [-0.1, -0.05) is 48.5 Å². The lowest BCUT2D eigenvalue weighted by Crippen LogP contribution is -2.29. The van der Waals surface area contributed by atoms with Crippen LogP contribution in [0.5, 0.6) is 0 Å². The van der Waals surface area contributed by atoms with Crippen LogP contribution in [0, 0.1) is 0 Å². The maximum Gasteiger partial charge on any atom is 0.338 e. The van der Waals surface area contributed by atoms with Gasteiger partial charge in [-0.25, -0.2) is 9.78 Å². The summed E-state index contributed by atoms with van der Waals surface area (Å²) >= 11 is 0. The van der Waals surface area contributed by atoms with E-state index in [1.165, 1.54) is 0 Å². The summed E-state index contributed by atoms with van der Waals surface area (Å²) in [5.41, 5.74) is 4.80. The first-order valence-corrected chi connectivity index (χ1v) is 9.88. The zero-order chi connectivity index (χ0) is 20.5. The zero-order valence-corrected chi connectivity index (χ0v) is 16.4. The normalized spacial score (nSPS) is 15.6. The van der Waals surface area contributed by atoms with Crippen LogP contribution in [0.1, 0.15) is 24.1 Å². The predicted octanol–water partition coefficient (Wildman–Crippen LogP) is 4.42. The molecule has 148 valence electrons. The van der Waals surface area contributed by atoms with Crippen molar-refractivity contribution in [1.29, 1.82) is 0 Å². The van der Waals surface area contributed by atoms with Crippen LogP contribution < -0.4 is 5.32 Å². The summed E-state index contributed by atoms with van der Waals surface area (Å²) in [6, 6.07) is 21.1. The number of pyridine rings is 1. The first-order valence-electron chi connectivity index (χ1n) is 9.88. The lowest BCUT2D eigenvalue weighted by molar-refractivity contribution is -0.138. The molecule has 1 atom stereocenters. The fraction of sp³-hybridized carbons (Fsp3) is 0.125. The predicted molar refractivity (Wildman–Crippen MR) is 116 cm³/mol. The summed E-state index contributed by atoms with van der Waals surface area (Å²) in [5, 5.41) is 3.40. The Morgan fingerprint density at radius 2 is 1.87 bits per heavy atom. The van der Waals surface area contributed by atoms with E-state index in [4.69, 9.17) is 9.72 Å². The van der Waals surface area contributed by atoms with Crippen molar-refractivity contribution >= 4 is 28.6 Å². The number of hydrogen-bond donors (Lipinski definition) is 1. The number of para-hydroxylation sites is 2. The number of carbonyl (C=O) groups is 1. The van der Waals surface area contributed by atoms with Crippen LogP contribution in [0.3, 0.4) is 0 Å². The number of ether oxygens (including phenoxy) is 1. The van der Waals surface area contributed by atoms with E-state index in [1.807, 2.05) is 78.2 Å². The number of carbonyl (C=O) groups excluding carboxylic acids is 1. The van der Waals surface area contributed by atoms with Crippen LogP contribution in [0.25, 0.3) is 16.7 Å². The number of fused-ring (bicyclic) bond motifs is 3.